The molecule has 0 saturated heterocycles. The Hall–Kier alpha value is -1.23. The van der Waals surface area contributed by atoms with Gasteiger partial charge < -0.3 is 9.84 Å². The van der Waals surface area contributed by atoms with Crippen LogP contribution in [-0.2, 0) is 0 Å². The van der Waals surface area contributed by atoms with Crippen molar-refractivity contribution in [3.8, 4) is 17.2 Å². The molecule has 0 fully saturated rings. The minimum Gasteiger partial charge on any atom is -0.508 e. The first-order chi connectivity index (χ1) is 8.06. The van der Waals surface area contributed by atoms with E-state index in [1.165, 1.54) is 5.56 Å². The van der Waals surface area contributed by atoms with Crippen molar-refractivity contribution in [1.82, 2.24) is 0 Å². The van der Waals surface area contributed by atoms with E-state index in [1.807, 2.05) is 6.92 Å². The van der Waals surface area contributed by atoms with Gasteiger partial charge in [0.05, 0.1) is 3.57 Å². The zero-order valence-corrected chi connectivity index (χ0v) is 11.9. The summed E-state index contributed by atoms with van der Waals surface area (Å²) < 4.78 is 6.92. The van der Waals surface area contributed by atoms with Crippen molar-refractivity contribution in [2.45, 2.75) is 13.8 Å². The van der Waals surface area contributed by atoms with Crippen LogP contribution in [-0.4, -0.2) is 5.11 Å². The largest absolute Gasteiger partial charge is 0.508 e. The van der Waals surface area contributed by atoms with Crippen LogP contribution < -0.4 is 4.74 Å². The second-order valence-corrected chi connectivity index (χ2v) is 5.15. The molecule has 2 aromatic carbocycles. The Kier molecular flexibility index (Phi) is 3.57. The highest BCUT2D eigenvalue weighted by Gasteiger charge is 2.07. The Bertz CT molecular complexity index is 509. The van der Waals surface area contributed by atoms with E-state index in [4.69, 9.17) is 4.74 Å². The molecule has 0 radical (unpaired) electrons. The molecule has 0 aromatic heterocycles. The summed E-state index contributed by atoms with van der Waals surface area (Å²) in [6.07, 6.45) is 0. The molecule has 3 heteroatoms. The van der Waals surface area contributed by atoms with Crippen LogP contribution in [0.5, 0.6) is 17.2 Å². The van der Waals surface area contributed by atoms with Gasteiger partial charge in [0.15, 0.2) is 0 Å². The highest BCUT2D eigenvalue weighted by atomic mass is 127. The molecule has 0 aliphatic carbocycles. The molecule has 2 rings (SSSR count). The van der Waals surface area contributed by atoms with Gasteiger partial charge in [-0.3, -0.25) is 0 Å². The summed E-state index contributed by atoms with van der Waals surface area (Å²) in [5, 5.41) is 9.21. The topological polar surface area (TPSA) is 29.5 Å². The molecule has 0 amide bonds. The SMILES string of the molecule is Cc1cc(C)c(Oc2ccc(O)cc2)c(I)c1. The van der Waals surface area contributed by atoms with Gasteiger partial charge in [0.2, 0.25) is 0 Å². The number of phenols is 1. The summed E-state index contributed by atoms with van der Waals surface area (Å²) in [4.78, 5) is 0. The van der Waals surface area contributed by atoms with Crippen molar-refractivity contribution >= 4 is 22.6 Å². The average Bonchev–Trinajstić information content (AvgIpc) is 2.26. The maximum atomic E-state index is 9.21. The second kappa shape index (κ2) is 4.96. The van der Waals surface area contributed by atoms with Gasteiger partial charge >= 0.3 is 0 Å². The highest BCUT2D eigenvalue weighted by molar-refractivity contribution is 14.1. The molecule has 2 nitrogen and oxygen atoms in total. The molecule has 0 heterocycles. The number of hydrogen-bond acceptors (Lipinski definition) is 2. The summed E-state index contributed by atoms with van der Waals surface area (Å²) >= 11 is 2.27. The van der Waals surface area contributed by atoms with Gasteiger partial charge in [-0.05, 0) is 77.9 Å². The smallest absolute Gasteiger partial charge is 0.143 e. The van der Waals surface area contributed by atoms with Crippen molar-refractivity contribution in [3.05, 3.63) is 51.1 Å². The molecule has 0 aliphatic rings. The lowest BCUT2D eigenvalue weighted by molar-refractivity contribution is 0.461. The Morgan fingerprint density at radius 3 is 2.29 bits per heavy atom. The Balaban J connectivity index is 2.33. The first-order valence-corrected chi connectivity index (χ1v) is 6.38. The second-order valence-electron chi connectivity index (χ2n) is 3.99. The predicted molar refractivity (Wildman–Crippen MR) is 76.8 cm³/mol. The van der Waals surface area contributed by atoms with Crippen LogP contribution in [0.3, 0.4) is 0 Å². The summed E-state index contributed by atoms with van der Waals surface area (Å²) in [5.74, 6) is 1.85. The molecule has 88 valence electrons. The minimum absolute atomic E-state index is 0.243. The van der Waals surface area contributed by atoms with Crippen molar-refractivity contribution in [2.24, 2.45) is 0 Å². The van der Waals surface area contributed by atoms with Crippen molar-refractivity contribution in [3.63, 3.8) is 0 Å². The van der Waals surface area contributed by atoms with E-state index in [1.54, 1.807) is 24.3 Å². The maximum Gasteiger partial charge on any atom is 0.143 e. The molecule has 0 unspecified atom stereocenters. The summed E-state index contributed by atoms with van der Waals surface area (Å²) in [5.41, 5.74) is 2.34. The molecule has 0 atom stereocenters. The van der Waals surface area contributed by atoms with Crippen molar-refractivity contribution < 1.29 is 9.84 Å². The van der Waals surface area contributed by atoms with E-state index in [2.05, 4.69) is 41.6 Å². The van der Waals surface area contributed by atoms with Crippen LogP contribution in [0.25, 0.3) is 0 Å². The molecule has 2 aromatic rings. The van der Waals surface area contributed by atoms with E-state index in [-0.39, 0.29) is 5.75 Å². The summed E-state index contributed by atoms with van der Waals surface area (Å²) in [6.45, 7) is 4.10. The standard InChI is InChI=1S/C14H13IO2/c1-9-7-10(2)14(13(15)8-9)17-12-5-3-11(16)4-6-12/h3-8,16H,1-2H3. The number of ether oxygens (including phenoxy) is 1. The normalized spacial score (nSPS) is 10.3. The molecular formula is C14H13IO2. The van der Waals surface area contributed by atoms with E-state index in [0.717, 1.165) is 20.6 Å². The fourth-order valence-electron chi connectivity index (χ4n) is 1.66. The number of halogens is 1. The number of phenolic OH excluding ortho intramolecular Hbond substituents is 1. The maximum absolute atomic E-state index is 9.21. The Morgan fingerprint density at radius 2 is 1.71 bits per heavy atom. The average molecular weight is 340 g/mol. The first kappa shape index (κ1) is 12.2. The number of aryl methyl sites for hydroxylation is 2. The van der Waals surface area contributed by atoms with Gasteiger partial charge in [0.1, 0.15) is 17.2 Å². The molecule has 0 aliphatic heterocycles. The molecule has 0 spiro atoms. The van der Waals surface area contributed by atoms with E-state index < -0.39 is 0 Å². The van der Waals surface area contributed by atoms with Gasteiger partial charge in [0, 0.05) is 0 Å². The first-order valence-electron chi connectivity index (χ1n) is 5.30. The fraction of sp³-hybridized carbons (Fsp3) is 0.143. The van der Waals surface area contributed by atoms with Crippen LogP contribution in [0.1, 0.15) is 11.1 Å². The highest BCUT2D eigenvalue weighted by Crippen LogP contribution is 2.31. The van der Waals surface area contributed by atoms with Crippen LogP contribution in [0.15, 0.2) is 36.4 Å². The van der Waals surface area contributed by atoms with Gasteiger partial charge in [-0.15, -0.1) is 0 Å². The van der Waals surface area contributed by atoms with Gasteiger partial charge in [0.25, 0.3) is 0 Å². The quantitative estimate of drug-likeness (QED) is 0.821. The van der Waals surface area contributed by atoms with Crippen LogP contribution in [0.2, 0.25) is 0 Å². The van der Waals surface area contributed by atoms with E-state index >= 15 is 0 Å². The fourth-order valence-corrected chi connectivity index (χ4v) is 2.69. The van der Waals surface area contributed by atoms with Crippen LogP contribution in [0.4, 0.5) is 0 Å². The van der Waals surface area contributed by atoms with Gasteiger partial charge in [-0.1, -0.05) is 6.07 Å². The lowest BCUT2D eigenvalue weighted by atomic mass is 10.1. The zero-order chi connectivity index (χ0) is 12.4. The van der Waals surface area contributed by atoms with E-state index in [9.17, 15) is 5.11 Å². The monoisotopic (exact) mass is 340 g/mol. The third-order valence-corrected chi connectivity index (χ3v) is 3.23. The number of rotatable bonds is 2. The number of benzene rings is 2. The predicted octanol–water partition coefficient (Wildman–Crippen LogP) is 4.41. The third-order valence-electron chi connectivity index (χ3n) is 2.43. The van der Waals surface area contributed by atoms with Crippen LogP contribution in [0, 0.1) is 17.4 Å². The van der Waals surface area contributed by atoms with Crippen molar-refractivity contribution in [1.29, 1.82) is 0 Å². The molecule has 17 heavy (non-hydrogen) atoms. The molecule has 0 saturated carbocycles. The van der Waals surface area contributed by atoms with Gasteiger partial charge in [-0.2, -0.15) is 0 Å². The lowest BCUT2D eigenvalue weighted by Crippen LogP contribution is -1.92. The minimum atomic E-state index is 0.243. The zero-order valence-electron chi connectivity index (χ0n) is 9.70. The van der Waals surface area contributed by atoms with Crippen LogP contribution >= 0.6 is 22.6 Å². The van der Waals surface area contributed by atoms with E-state index in [0.29, 0.717) is 0 Å². The molecule has 1 N–H and O–H groups in total. The Labute approximate surface area is 114 Å². The molecular weight excluding hydrogens is 327 g/mol. The van der Waals surface area contributed by atoms with Gasteiger partial charge in [-0.25, -0.2) is 0 Å². The summed E-state index contributed by atoms with van der Waals surface area (Å²) in [6, 6.07) is 10.9. The third kappa shape index (κ3) is 2.91. The lowest BCUT2D eigenvalue weighted by Gasteiger charge is -2.11. The number of aromatic hydroxyl groups is 1. The number of hydrogen-bond donors (Lipinski definition) is 1. The van der Waals surface area contributed by atoms with Crippen molar-refractivity contribution in [2.75, 3.05) is 0 Å². The Morgan fingerprint density at radius 1 is 1.06 bits per heavy atom. The molecule has 0 bridgehead atoms. The summed E-state index contributed by atoms with van der Waals surface area (Å²) in [7, 11) is 0.